The molecule has 1 N–H and O–H groups in total. The van der Waals surface area contributed by atoms with Gasteiger partial charge < -0.3 is 10.1 Å². The van der Waals surface area contributed by atoms with E-state index < -0.39 is 6.10 Å². The second-order valence-corrected chi connectivity index (χ2v) is 6.89. The van der Waals surface area contributed by atoms with Crippen LogP contribution in [-0.2, 0) is 10.2 Å². The molecule has 1 atom stereocenters. The number of nitrogens with one attached hydrogen (secondary N) is 1. The molecule has 0 bridgehead atoms. The minimum absolute atomic E-state index is 0.104. The van der Waals surface area contributed by atoms with Gasteiger partial charge in [0.1, 0.15) is 5.75 Å². The Kier molecular flexibility index (Phi) is 5.09. The van der Waals surface area contributed by atoms with Crippen LogP contribution in [0.15, 0.2) is 48.5 Å². The molecule has 0 aliphatic rings. The topological polar surface area (TPSA) is 38.3 Å². The summed E-state index contributed by atoms with van der Waals surface area (Å²) < 4.78 is 5.73. The Labute approximate surface area is 138 Å². The van der Waals surface area contributed by atoms with Gasteiger partial charge in [0.05, 0.1) is 0 Å². The third kappa shape index (κ3) is 4.85. The van der Waals surface area contributed by atoms with E-state index in [4.69, 9.17) is 4.74 Å². The maximum absolute atomic E-state index is 12.2. The van der Waals surface area contributed by atoms with E-state index in [-0.39, 0.29) is 11.3 Å². The van der Waals surface area contributed by atoms with Crippen molar-refractivity contribution in [2.45, 2.75) is 46.1 Å². The Hall–Kier alpha value is -2.29. The molecule has 0 spiro atoms. The summed E-state index contributed by atoms with van der Waals surface area (Å²) >= 11 is 0. The zero-order valence-corrected chi connectivity index (χ0v) is 14.5. The Morgan fingerprint density at radius 3 is 2.09 bits per heavy atom. The van der Waals surface area contributed by atoms with E-state index in [9.17, 15) is 4.79 Å². The Balaban J connectivity index is 1.96. The third-order valence-electron chi connectivity index (χ3n) is 3.72. The number of rotatable bonds is 4. The number of aryl methyl sites for hydroxylation is 1. The molecule has 0 radical (unpaired) electrons. The van der Waals surface area contributed by atoms with E-state index in [0.717, 1.165) is 11.3 Å². The molecule has 1 unspecified atom stereocenters. The smallest absolute Gasteiger partial charge is 0.265 e. The van der Waals surface area contributed by atoms with Gasteiger partial charge >= 0.3 is 0 Å². The quantitative estimate of drug-likeness (QED) is 0.889. The molecule has 3 heteroatoms. The van der Waals surface area contributed by atoms with Crippen molar-refractivity contribution in [3.8, 4) is 5.75 Å². The SMILES string of the molecule is Cc1ccc(NC(=O)C(C)Oc2ccc(C(C)(C)C)cc2)cc1. The first-order valence-electron chi connectivity index (χ1n) is 7.90. The number of amides is 1. The van der Waals surface area contributed by atoms with E-state index in [0.29, 0.717) is 5.75 Å². The van der Waals surface area contributed by atoms with Crippen LogP contribution in [-0.4, -0.2) is 12.0 Å². The van der Waals surface area contributed by atoms with E-state index in [1.807, 2.05) is 55.5 Å². The van der Waals surface area contributed by atoms with Gasteiger partial charge in [-0.25, -0.2) is 0 Å². The highest BCUT2D eigenvalue weighted by Gasteiger charge is 2.16. The number of hydrogen-bond acceptors (Lipinski definition) is 2. The first-order chi connectivity index (χ1) is 10.8. The minimum atomic E-state index is -0.559. The predicted octanol–water partition coefficient (Wildman–Crippen LogP) is 4.70. The predicted molar refractivity (Wildman–Crippen MR) is 95.0 cm³/mol. The molecule has 0 heterocycles. The van der Waals surface area contributed by atoms with Crippen molar-refractivity contribution in [1.82, 2.24) is 0 Å². The molecule has 2 rings (SSSR count). The molecule has 1 amide bonds. The first-order valence-corrected chi connectivity index (χ1v) is 7.90. The van der Waals surface area contributed by atoms with Gasteiger partial charge in [0.25, 0.3) is 5.91 Å². The zero-order chi connectivity index (χ0) is 17.0. The van der Waals surface area contributed by atoms with Crippen LogP contribution in [0.1, 0.15) is 38.8 Å². The van der Waals surface area contributed by atoms with Gasteiger partial charge in [-0.05, 0) is 49.1 Å². The normalized spacial score (nSPS) is 12.6. The largest absolute Gasteiger partial charge is 0.481 e. The summed E-state index contributed by atoms with van der Waals surface area (Å²) in [6.45, 7) is 10.3. The summed E-state index contributed by atoms with van der Waals surface area (Å²) in [5, 5.41) is 2.86. The fourth-order valence-corrected chi connectivity index (χ4v) is 2.17. The number of hydrogen-bond donors (Lipinski definition) is 1. The number of carbonyl (C=O) groups excluding carboxylic acids is 1. The highest BCUT2D eigenvalue weighted by Crippen LogP contribution is 2.24. The van der Waals surface area contributed by atoms with Crippen molar-refractivity contribution in [3.63, 3.8) is 0 Å². The number of ether oxygens (including phenoxy) is 1. The summed E-state index contributed by atoms with van der Waals surface area (Å²) in [6, 6.07) is 15.6. The molecule has 0 aliphatic heterocycles. The molecule has 2 aromatic rings. The van der Waals surface area contributed by atoms with Crippen LogP contribution in [0, 0.1) is 6.92 Å². The highest BCUT2D eigenvalue weighted by molar-refractivity contribution is 5.94. The van der Waals surface area contributed by atoms with Gasteiger partial charge in [0.15, 0.2) is 6.10 Å². The lowest BCUT2D eigenvalue weighted by Gasteiger charge is -2.20. The summed E-state index contributed by atoms with van der Waals surface area (Å²) in [4.78, 5) is 12.2. The Morgan fingerprint density at radius 1 is 1.00 bits per heavy atom. The van der Waals surface area contributed by atoms with E-state index in [2.05, 4.69) is 26.1 Å². The lowest BCUT2D eigenvalue weighted by Crippen LogP contribution is -2.30. The maximum atomic E-state index is 12.2. The van der Waals surface area contributed by atoms with Crippen LogP contribution in [0.2, 0.25) is 0 Å². The molecule has 122 valence electrons. The van der Waals surface area contributed by atoms with E-state index in [1.165, 1.54) is 5.56 Å². The molecule has 0 aromatic heterocycles. The molecule has 23 heavy (non-hydrogen) atoms. The molecule has 0 aliphatic carbocycles. The molecule has 2 aromatic carbocycles. The fourth-order valence-electron chi connectivity index (χ4n) is 2.17. The van der Waals surface area contributed by atoms with Gasteiger partial charge in [-0.1, -0.05) is 50.6 Å². The lowest BCUT2D eigenvalue weighted by atomic mass is 9.87. The van der Waals surface area contributed by atoms with E-state index in [1.54, 1.807) is 6.92 Å². The third-order valence-corrected chi connectivity index (χ3v) is 3.72. The van der Waals surface area contributed by atoms with Crippen LogP contribution in [0.25, 0.3) is 0 Å². The van der Waals surface area contributed by atoms with Gasteiger partial charge in [-0.15, -0.1) is 0 Å². The average Bonchev–Trinajstić information content (AvgIpc) is 2.49. The minimum Gasteiger partial charge on any atom is -0.481 e. The number of anilines is 1. The van der Waals surface area contributed by atoms with Crippen LogP contribution in [0.3, 0.4) is 0 Å². The molecule has 3 nitrogen and oxygen atoms in total. The van der Waals surface area contributed by atoms with E-state index >= 15 is 0 Å². The summed E-state index contributed by atoms with van der Waals surface area (Å²) in [6.07, 6.45) is -0.559. The average molecular weight is 311 g/mol. The van der Waals surface area contributed by atoms with Crippen molar-refractivity contribution in [2.75, 3.05) is 5.32 Å². The van der Waals surface area contributed by atoms with Crippen LogP contribution >= 0.6 is 0 Å². The summed E-state index contributed by atoms with van der Waals surface area (Å²) in [5.74, 6) is 0.540. The summed E-state index contributed by atoms with van der Waals surface area (Å²) in [7, 11) is 0. The van der Waals surface area contributed by atoms with Gasteiger partial charge in [0, 0.05) is 5.69 Å². The first kappa shape index (κ1) is 17.1. The van der Waals surface area contributed by atoms with Crippen molar-refractivity contribution >= 4 is 11.6 Å². The van der Waals surface area contributed by atoms with Crippen molar-refractivity contribution < 1.29 is 9.53 Å². The van der Waals surface area contributed by atoms with Crippen LogP contribution < -0.4 is 10.1 Å². The molecular formula is C20H25NO2. The fraction of sp³-hybridized carbons (Fsp3) is 0.350. The van der Waals surface area contributed by atoms with Crippen LogP contribution in [0.5, 0.6) is 5.75 Å². The molecular weight excluding hydrogens is 286 g/mol. The van der Waals surface area contributed by atoms with Gasteiger partial charge in [0.2, 0.25) is 0 Å². The number of benzene rings is 2. The summed E-state index contributed by atoms with van der Waals surface area (Å²) in [5.41, 5.74) is 3.28. The van der Waals surface area contributed by atoms with Crippen molar-refractivity contribution in [3.05, 3.63) is 59.7 Å². The molecule has 0 fully saturated rings. The Bertz CT molecular complexity index is 652. The standard InChI is InChI=1S/C20H25NO2/c1-14-6-10-17(11-7-14)21-19(22)15(2)23-18-12-8-16(9-13-18)20(3,4)5/h6-13,15H,1-5H3,(H,21,22). The zero-order valence-electron chi connectivity index (χ0n) is 14.5. The molecule has 0 saturated heterocycles. The highest BCUT2D eigenvalue weighted by atomic mass is 16.5. The second-order valence-electron chi connectivity index (χ2n) is 6.89. The monoisotopic (exact) mass is 311 g/mol. The number of carbonyl (C=O) groups is 1. The van der Waals surface area contributed by atoms with Crippen molar-refractivity contribution in [1.29, 1.82) is 0 Å². The van der Waals surface area contributed by atoms with Gasteiger partial charge in [-0.2, -0.15) is 0 Å². The van der Waals surface area contributed by atoms with Gasteiger partial charge in [-0.3, -0.25) is 4.79 Å². The maximum Gasteiger partial charge on any atom is 0.265 e. The lowest BCUT2D eigenvalue weighted by molar-refractivity contribution is -0.122. The van der Waals surface area contributed by atoms with Crippen molar-refractivity contribution in [2.24, 2.45) is 0 Å². The van der Waals surface area contributed by atoms with Crippen LogP contribution in [0.4, 0.5) is 5.69 Å². The Morgan fingerprint density at radius 2 is 1.57 bits per heavy atom. The molecule has 0 saturated carbocycles. The second kappa shape index (κ2) is 6.86.